The van der Waals surface area contributed by atoms with Gasteiger partial charge >= 0.3 is 0 Å². The Morgan fingerprint density at radius 1 is 1.38 bits per heavy atom. The molecule has 1 nitrogen and oxygen atoms in total. The standard InChI is InChI=1S/C15H23N/c1-5-13-9-7-8-10-14(13)15(3,6-2)11-12-16-4/h5,7-10,16H,1,6,11-12H2,2-4H3. The van der Waals surface area contributed by atoms with Gasteiger partial charge in [0, 0.05) is 0 Å². The highest BCUT2D eigenvalue weighted by Crippen LogP contribution is 2.33. The molecule has 0 saturated heterocycles. The Morgan fingerprint density at radius 2 is 2.06 bits per heavy atom. The van der Waals surface area contributed by atoms with Crippen LogP contribution in [0, 0.1) is 0 Å². The van der Waals surface area contributed by atoms with Crippen LogP contribution in [0.2, 0.25) is 0 Å². The normalized spacial score (nSPS) is 14.4. The summed E-state index contributed by atoms with van der Waals surface area (Å²) >= 11 is 0. The molecule has 1 rings (SSSR count). The molecular formula is C15H23N. The van der Waals surface area contributed by atoms with Crippen molar-refractivity contribution in [3.05, 3.63) is 42.0 Å². The monoisotopic (exact) mass is 217 g/mol. The molecule has 0 fully saturated rings. The molecule has 0 aliphatic rings. The van der Waals surface area contributed by atoms with Crippen molar-refractivity contribution >= 4 is 6.08 Å². The van der Waals surface area contributed by atoms with Crippen molar-refractivity contribution in [2.45, 2.75) is 32.1 Å². The van der Waals surface area contributed by atoms with E-state index >= 15 is 0 Å². The van der Waals surface area contributed by atoms with Crippen LogP contribution in [0.4, 0.5) is 0 Å². The first-order valence-electron chi connectivity index (χ1n) is 6.04. The van der Waals surface area contributed by atoms with E-state index in [1.165, 1.54) is 11.1 Å². The maximum absolute atomic E-state index is 3.90. The number of benzene rings is 1. The first-order valence-corrected chi connectivity index (χ1v) is 6.04. The molecule has 0 spiro atoms. The highest BCUT2D eigenvalue weighted by Gasteiger charge is 2.25. The minimum atomic E-state index is 0.244. The smallest absolute Gasteiger partial charge is 0.00435 e. The maximum Gasteiger partial charge on any atom is -0.00435 e. The van der Waals surface area contributed by atoms with E-state index in [0.29, 0.717) is 0 Å². The Labute approximate surface area is 99.6 Å². The molecule has 0 aliphatic heterocycles. The molecule has 0 heterocycles. The topological polar surface area (TPSA) is 12.0 Å². The van der Waals surface area contributed by atoms with Gasteiger partial charge in [0.15, 0.2) is 0 Å². The van der Waals surface area contributed by atoms with Crippen molar-refractivity contribution in [2.75, 3.05) is 13.6 Å². The van der Waals surface area contributed by atoms with Crippen LogP contribution in [0.5, 0.6) is 0 Å². The molecule has 88 valence electrons. The lowest BCUT2D eigenvalue weighted by Crippen LogP contribution is -2.27. The lowest BCUT2D eigenvalue weighted by molar-refractivity contribution is 0.412. The predicted molar refractivity (Wildman–Crippen MR) is 72.7 cm³/mol. The third-order valence-electron chi connectivity index (χ3n) is 3.54. The van der Waals surface area contributed by atoms with Gasteiger partial charge in [-0.1, -0.05) is 50.8 Å². The predicted octanol–water partition coefficient (Wildman–Crippen LogP) is 3.61. The van der Waals surface area contributed by atoms with Crippen LogP contribution in [0.3, 0.4) is 0 Å². The molecule has 0 saturated carbocycles. The number of rotatable bonds is 6. The zero-order valence-electron chi connectivity index (χ0n) is 10.7. The first-order chi connectivity index (χ1) is 7.68. The first kappa shape index (κ1) is 13.0. The third kappa shape index (κ3) is 2.73. The van der Waals surface area contributed by atoms with Crippen molar-refractivity contribution < 1.29 is 0 Å². The van der Waals surface area contributed by atoms with Gasteiger partial charge in [0.2, 0.25) is 0 Å². The van der Waals surface area contributed by atoms with Crippen molar-refractivity contribution in [3.63, 3.8) is 0 Å². The summed E-state index contributed by atoms with van der Waals surface area (Å²) in [5.41, 5.74) is 2.93. The number of nitrogens with one attached hydrogen (secondary N) is 1. The second kappa shape index (κ2) is 5.86. The van der Waals surface area contributed by atoms with Crippen LogP contribution >= 0.6 is 0 Å². The Hall–Kier alpha value is -1.08. The summed E-state index contributed by atoms with van der Waals surface area (Å²) in [6, 6.07) is 8.58. The molecule has 16 heavy (non-hydrogen) atoms. The Morgan fingerprint density at radius 3 is 2.62 bits per heavy atom. The molecule has 0 aromatic heterocycles. The second-order valence-corrected chi connectivity index (χ2v) is 4.56. The minimum Gasteiger partial charge on any atom is -0.320 e. The van der Waals surface area contributed by atoms with Crippen molar-refractivity contribution in [3.8, 4) is 0 Å². The highest BCUT2D eigenvalue weighted by atomic mass is 14.8. The molecule has 0 aliphatic carbocycles. The molecule has 0 bridgehead atoms. The average molecular weight is 217 g/mol. The Kier molecular flexibility index (Phi) is 4.75. The zero-order chi connectivity index (χ0) is 12.0. The molecular weight excluding hydrogens is 194 g/mol. The molecule has 1 aromatic carbocycles. The SMILES string of the molecule is C=Cc1ccccc1C(C)(CC)CCNC. The van der Waals surface area contributed by atoms with E-state index < -0.39 is 0 Å². The third-order valence-corrected chi connectivity index (χ3v) is 3.54. The average Bonchev–Trinajstić information content (AvgIpc) is 2.36. The van der Waals surface area contributed by atoms with E-state index in [2.05, 4.69) is 50.0 Å². The van der Waals surface area contributed by atoms with Gasteiger partial charge in [0.05, 0.1) is 0 Å². The Balaban J connectivity index is 3.06. The van der Waals surface area contributed by atoms with Gasteiger partial charge in [-0.25, -0.2) is 0 Å². The molecule has 0 radical (unpaired) electrons. The maximum atomic E-state index is 3.90. The largest absolute Gasteiger partial charge is 0.320 e. The Bertz CT molecular complexity index is 343. The van der Waals surface area contributed by atoms with Crippen molar-refractivity contribution in [2.24, 2.45) is 0 Å². The zero-order valence-corrected chi connectivity index (χ0v) is 10.7. The van der Waals surface area contributed by atoms with Crippen LogP contribution < -0.4 is 5.32 Å². The molecule has 0 amide bonds. The molecule has 1 heteroatoms. The van der Waals surface area contributed by atoms with Crippen molar-refractivity contribution in [1.29, 1.82) is 0 Å². The van der Waals surface area contributed by atoms with Gasteiger partial charge in [0.25, 0.3) is 0 Å². The van der Waals surface area contributed by atoms with Crippen LogP contribution in [0.1, 0.15) is 37.8 Å². The fraction of sp³-hybridized carbons (Fsp3) is 0.467. The van der Waals surface area contributed by atoms with Crippen LogP contribution in [-0.2, 0) is 5.41 Å². The highest BCUT2D eigenvalue weighted by molar-refractivity contribution is 5.54. The van der Waals surface area contributed by atoms with Crippen molar-refractivity contribution in [1.82, 2.24) is 5.32 Å². The lowest BCUT2D eigenvalue weighted by Gasteiger charge is -2.30. The van der Waals surface area contributed by atoms with Gasteiger partial charge in [-0.05, 0) is 43.0 Å². The van der Waals surface area contributed by atoms with Gasteiger partial charge in [0.1, 0.15) is 0 Å². The van der Waals surface area contributed by atoms with Gasteiger partial charge in [-0.3, -0.25) is 0 Å². The molecule has 1 aromatic rings. The molecule has 1 N–H and O–H groups in total. The van der Waals surface area contributed by atoms with Gasteiger partial charge in [-0.15, -0.1) is 0 Å². The van der Waals surface area contributed by atoms with E-state index in [-0.39, 0.29) is 5.41 Å². The summed E-state index contributed by atoms with van der Waals surface area (Å²) in [5, 5.41) is 3.24. The summed E-state index contributed by atoms with van der Waals surface area (Å²) < 4.78 is 0. The fourth-order valence-corrected chi connectivity index (χ4v) is 2.13. The number of hydrogen-bond acceptors (Lipinski definition) is 1. The summed E-state index contributed by atoms with van der Waals surface area (Å²) in [6.07, 6.45) is 4.27. The van der Waals surface area contributed by atoms with E-state index in [4.69, 9.17) is 0 Å². The second-order valence-electron chi connectivity index (χ2n) is 4.56. The van der Waals surface area contributed by atoms with Gasteiger partial charge in [-0.2, -0.15) is 0 Å². The minimum absolute atomic E-state index is 0.244. The lowest BCUT2D eigenvalue weighted by atomic mass is 9.75. The van der Waals surface area contributed by atoms with E-state index in [1.54, 1.807) is 0 Å². The molecule has 1 unspecified atom stereocenters. The van der Waals surface area contributed by atoms with E-state index in [0.717, 1.165) is 19.4 Å². The van der Waals surface area contributed by atoms with Gasteiger partial charge < -0.3 is 5.32 Å². The summed E-state index contributed by atoms with van der Waals surface area (Å²) in [5.74, 6) is 0. The summed E-state index contributed by atoms with van der Waals surface area (Å²) in [6.45, 7) is 9.55. The molecule has 1 atom stereocenters. The van der Waals surface area contributed by atoms with E-state index in [1.807, 2.05) is 13.1 Å². The quantitative estimate of drug-likeness (QED) is 0.767. The number of hydrogen-bond donors (Lipinski definition) is 1. The fourth-order valence-electron chi connectivity index (χ4n) is 2.13. The summed E-state index contributed by atoms with van der Waals surface area (Å²) in [4.78, 5) is 0. The van der Waals surface area contributed by atoms with Crippen LogP contribution in [0.15, 0.2) is 30.8 Å². The summed E-state index contributed by atoms with van der Waals surface area (Å²) in [7, 11) is 2.01. The van der Waals surface area contributed by atoms with E-state index in [9.17, 15) is 0 Å². The van der Waals surface area contributed by atoms with Crippen LogP contribution in [-0.4, -0.2) is 13.6 Å². The van der Waals surface area contributed by atoms with Crippen LogP contribution in [0.25, 0.3) is 6.08 Å².